The van der Waals surface area contributed by atoms with Gasteiger partial charge in [-0.25, -0.2) is 4.98 Å². The molecule has 0 saturated carbocycles. The zero-order chi connectivity index (χ0) is 22.2. The van der Waals surface area contributed by atoms with E-state index in [1.807, 2.05) is 40.6 Å². The molecule has 0 unspecified atom stereocenters. The fourth-order valence-electron chi connectivity index (χ4n) is 3.35. The molecule has 3 aromatic rings. The number of ether oxygens (including phenoxy) is 2. The number of aromatic nitrogens is 1. The van der Waals surface area contributed by atoms with Gasteiger partial charge in [0, 0.05) is 17.5 Å². The van der Waals surface area contributed by atoms with Crippen molar-refractivity contribution in [1.29, 1.82) is 0 Å². The predicted molar refractivity (Wildman–Crippen MR) is 125 cm³/mol. The molecule has 6 heteroatoms. The first-order valence-electron chi connectivity index (χ1n) is 10.6. The third-order valence-corrected chi connectivity index (χ3v) is 5.83. The number of amides is 1. The molecular formula is C25H30N2O3S. The molecule has 0 saturated heterocycles. The topological polar surface area (TPSA) is 51.7 Å². The molecule has 0 aliphatic carbocycles. The van der Waals surface area contributed by atoms with E-state index in [-0.39, 0.29) is 5.91 Å². The van der Waals surface area contributed by atoms with Crippen molar-refractivity contribution in [3.8, 4) is 11.5 Å². The van der Waals surface area contributed by atoms with Crippen molar-refractivity contribution in [2.24, 2.45) is 0 Å². The number of benzene rings is 2. The molecular weight excluding hydrogens is 408 g/mol. The number of methoxy groups -OCH3 is 1. The summed E-state index contributed by atoms with van der Waals surface area (Å²) < 4.78 is 11.2. The van der Waals surface area contributed by atoms with E-state index >= 15 is 0 Å². The number of carbonyl (C=O) groups excluding carboxylic acids is 1. The van der Waals surface area contributed by atoms with Crippen molar-refractivity contribution >= 4 is 17.2 Å². The SMILES string of the molecule is CCCN(Cc1csc(COc2ccccc2C(C)C)n1)C(=O)c1ccc(OC)cc1. The van der Waals surface area contributed by atoms with E-state index in [0.29, 0.717) is 31.2 Å². The second-order valence-corrected chi connectivity index (χ2v) is 8.61. The normalized spacial score (nSPS) is 10.9. The third kappa shape index (κ3) is 6.07. The Balaban J connectivity index is 1.65. The number of rotatable bonds is 10. The maximum absolute atomic E-state index is 13.0. The minimum atomic E-state index is 0.00108. The Hall–Kier alpha value is -2.86. The van der Waals surface area contributed by atoms with Crippen molar-refractivity contribution in [2.45, 2.75) is 46.3 Å². The average molecular weight is 439 g/mol. The lowest BCUT2D eigenvalue weighted by Gasteiger charge is -2.21. The molecule has 1 amide bonds. The van der Waals surface area contributed by atoms with E-state index in [1.165, 1.54) is 5.56 Å². The first-order valence-corrected chi connectivity index (χ1v) is 11.5. The van der Waals surface area contributed by atoms with Gasteiger partial charge in [0.25, 0.3) is 5.91 Å². The maximum Gasteiger partial charge on any atom is 0.254 e. The van der Waals surface area contributed by atoms with Gasteiger partial charge in [-0.1, -0.05) is 39.0 Å². The standard InChI is InChI=1S/C25H30N2O3S/c1-5-14-27(25(28)19-10-12-21(29-4)13-11-19)15-20-17-31-24(26-20)16-30-23-9-7-6-8-22(23)18(2)3/h6-13,17-18H,5,14-16H2,1-4H3. The summed E-state index contributed by atoms with van der Waals surface area (Å²) in [6.07, 6.45) is 0.883. The lowest BCUT2D eigenvalue weighted by molar-refractivity contribution is 0.0741. The Morgan fingerprint density at radius 1 is 1.13 bits per heavy atom. The summed E-state index contributed by atoms with van der Waals surface area (Å²) in [6.45, 7) is 7.97. The van der Waals surface area contributed by atoms with Crippen LogP contribution in [0.5, 0.6) is 11.5 Å². The Labute approximate surface area is 188 Å². The maximum atomic E-state index is 13.0. The summed E-state index contributed by atoms with van der Waals surface area (Å²) in [5.74, 6) is 2.04. The van der Waals surface area contributed by atoms with Crippen LogP contribution in [0.25, 0.3) is 0 Å². The number of carbonyl (C=O) groups is 1. The highest BCUT2D eigenvalue weighted by Gasteiger charge is 2.17. The molecule has 3 rings (SSSR count). The number of nitrogens with zero attached hydrogens (tertiary/aromatic N) is 2. The molecule has 5 nitrogen and oxygen atoms in total. The van der Waals surface area contributed by atoms with E-state index in [1.54, 1.807) is 30.6 Å². The van der Waals surface area contributed by atoms with Crippen LogP contribution in [-0.2, 0) is 13.2 Å². The van der Waals surface area contributed by atoms with Gasteiger partial charge in [0.15, 0.2) is 0 Å². The van der Waals surface area contributed by atoms with Gasteiger partial charge in [-0.2, -0.15) is 0 Å². The number of thiazole rings is 1. The lowest BCUT2D eigenvalue weighted by atomic mass is 10.0. The van der Waals surface area contributed by atoms with Crippen molar-refractivity contribution in [2.75, 3.05) is 13.7 Å². The Bertz CT molecular complexity index is 982. The van der Waals surface area contributed by atoms with E-state index in [4.69, 9.17) is 14.5 Å². The van der Waals surface area contributed by atoms with E-state index < -0.39 is 0 Å². The number of para-hydroxylation sites is 1. The molecule has 1 heterocycles. The van der Waals surface area contributed by atoms with Crippen LogP contribution in [0.4, 0.5) is 0 Å². The average Bonchev–Trinajstić information content (AvgIpc) is 3.24. The molecule has 0 atom stereocenters. The second-order valence-electron chi connectivity index (χ2n) is 7.67. The summed E-state index contributed by atoms with van der Waals surface area (Å²) in [4.78, 5) is 19.5. The largest absolute Gasteiger partial charge is 0.497 e. The summed E-state index contributed by atoms with van der Waals surface area (Å²) in [5, 5.41) is 2.92. The van der Waals surface area contributed by atoms with Gasteiger partial charge < -0.3 is 14.4 Å². The minimum Gasteiger partial charge on any atom is -0.497 e. The first-order chi connectivity index (χ1) is 15.0. The van der Waals surface area contributed by atoms with Gasteiger partial charge in [-0.15, -0.1) is 11.3 Å². The summed E-state index contributed by atoms with van der Waals surface area (Å²) in [7, 11) is 1.62. The van der Waals surface area contributed by atoms with Crippen LogP contribution in [-0.4, -0.2) is 29.4 Å². The Morgan fingerprint density at radius 3 is 2.55 bits per heavy atom. The number of hydrogen-bond acceptors (Lipinski definition) is 5. The summed E-state index contributed by atoms with van der Waals surface area (Å²) in [5.41, 5.74) is 2.73. The van der Waals surface area contributed by atoms with Gasteiger partial charge in [0.2, 0.25) is 0 Å². The Morgan fingerprint density at radius 2 is 1.87 bits per heavy atom. The molecule has 0 aliphatic heterocycles. The van der Waals surface area contributed by atoms with Crippen LogP contribution >= 0.6 is 11.3 Å². The highest BCUT2D eigenvalue weighted by atomic mass is 32.1. The smallest absolute Gasteiger partial charge is 0.254 e. The first kappa shape index (κ1) is 22.8. The fourth-order valence-corrected chi connectivity index (χ4v) is 4.05. The summed E-state index contributed by atoms with van der Waals surface area (Å²) in [6, 6.07) is 15.3. The monoisotopic (exact) mass is 438 g/mol. The van der Waals surface area contributed by atoms with Gasteiger partial charge in [0.1, 0.15) is 23.1 Å². The van der Waals surface area contributed by atoms with E-state index in [2.05, 4.69) is 26.8 Å². The van der Waals surface area contributed by atoms with Crippen LogP contribution in [0.1, 0.15) is 59.7 Å². The molecule has 1 aromatic heterocycles. The lowest BCUT2D eigenvalue weighted by Crippen LogP contribution is -2.31. The molecule has 0 N–H and O–H groups in total. The highest BCUT2D eigenvalue weighted by molar-refractivity contribution is 7.09. The van der Waals surface area contributed by atoms with Crippen LogP contribution < -0.4 is 9.47 Å². The zero-order valence-corrected chi connectivity index (χ0v) is 19.4. The van der Waals surface area contributed by atoms with Crippen molar-refractivity contribution in [1.82, 2.24) is 9.88 Å². The summed E-state index contributed by atoms with van der Waals surface area (Å²) >= 11 is 1.56. The third-order valence-electron chi connectivity index (χ3n) is 4.96. The van der Waals surface area contributed by atoms with Gasteiger partial charge in [0.05, 0.1) is 19.3 Å². The molecule has 2 aromatic carbocycles. The van der Waals surface area contributed by atoms with Crippen LogP contribution in [0, 0.1) is 0 Å². The molecule has 0 radical (unpaired) electrons. The molecule has 0 bridgehead atoms. The molecule has 0 spiro atoms. The Kier molecular flexibility index (Phi) is 8.06. The number of hydrogen-bond donors (Lipinski definition) is 0. The molecule has 0 fully saturated rings. The fraction of sp³-hybridized carbons (Fsp3) is 0.360. The van der Waals surface area contributed by atoms with Crippen LogP contribution in [0.15, 0.2) is 53.9 Å². The van der Waals surface area contributed by atoms with E-state index in [0.717, 1.165) is 28.6 Å². The molecule has 164 valence electrons. The highest BCUT2D eigenvalue weighted by Crippen LogP contribution is 2.27. The van der Waals surface area contributed by atoms with Crippen LogP contribution in [0.2, 0.25) is 0 Å². The van der Waals surface area contributed by atoms with Crippen molar-refractivity contribution in [3.05, 3.63) is 75.7 Å². The minimum absolute atomic E-state index is 0.00108. The van der Waals surface area contributed by atoms with Gasteiger partial charge in [-0.3, -0.25) is 4.79 Å². The zero-order valence-electron chi connectivity index (χ0n) is 18.6. The van der Waals surface area contributed by atoms with Gasteiger partial charge >= 0.3 is 0 Å². The molecule has 0 aliphatic rings. The van der Waals surface area contributed by atoms with Gasteiger partial charge in [-0.05, 0) is 48.2 Å². The molecule has 31 heavy (non-hydrogen) atoms. The van der Waals surface area contributed by atoms with E-state index in [9.17, 15) is 4.79 Å². The second kappa shape index (κ2) is 11.0. The van der Waals surface area contributed by atoms with Crippen molar-refractivity contribution in [3.63, 3.8) is 0 Å². The van der Waals surface area contributed by atoms with Crippen molar-refractivity contribution < 1.29 is 14.3 Å². The predicted octanol–water partition coefficient (Wildman–Crippen LogP) is 5.91. The quantitative estimate of drug-likeness (QED) is 0.395. The van der Waals surface area contributed by atoms with Crippen LogP contribution in [0.3, 0.4) is 0 Å².